The lowest BCUT2D eigenvalue weighted by molar-refractivity contribution is -0.166. The highest BCUT2D eigenvalue weighted by Crippen LogP contribution is 2.11. The van der Waals surface area contributed by atoms with Crippen LogP contribution < -0.4 is 0 Å². The predicted molar refractivity (Wildman–Crippen MR) is 292 cm³/mol. The molecule has 0 saturated carbocycles. The Morgan fingerprint density at radius 3 is 1.04 bits per heavy atom. The Balaban J connectivity index is 4.64. The zero-order chi connectivity index (χ0) is 49.3. The normalized spacial score (nSPS) is 13.3. The van der Waals surface area contributed by atoms with Gasteiger partial charge in [-0.1, -0.05) is 224 Å². The Kier molecular flexibility index (Phi) is 51.1. The van der Waals surface area contributed by atoms with E-state index in [1.807, 2.05) is 24.3 Å². The molecule has 0 radical (unpaired) electrons. The van der Waals surface area contributed by atoms with Crippen molar-refractivity contribution in [2.45, 2.75) is 213 Å². The van der Waals surface area contributed by atoms with E-state index in [1.54, 1.807) is 0 Å². The van der Waals surface area contributed by atoms with Crippen molar-refractivity contribution >= 4 is 17.9 Å². The molecule has 0 bridgehead atoms. The molecule has 380 valence electrons. The van der Waals surface area contributed by atoms with Gasteiger partial charge in [0.05, 0.1) is 0 Å². The Morgan fingerprint density at radius 1 is 0.324 bits per heavy atom. The monoisotopic (exact) mass is 937 g/mol. The molecule has 0 aromatic carbocycles. The molecule has 0 fully saturated rings. The van der Waals surface area contributed by atoms with E-state index in [9.17, 15) is 14.4 Å². The molecule has 0 amide bonds. The van der Waals surface area contributed by atoms with Crippen LogP contribution in [0.25, 0.3) is 0 Å². The van der Waals surface area contributed by atoms with Crippen LogP contribution in [0.2, 0.25) is 0 Å². The fraction of sp³-hybridized carbons (Fsp3) is 0.565. The third-order valence-corrected chi connectivity index (χ3v) is 10.6. The number of hydrogen-bond acceptors (Lipinski definition) is 6. The van der Waals surface area contributed by atoms with E-state index in [-0.39, 0.29) is 38.0 Å². The summed E-state index contributed by atoms with van der Waals surface area (Å²) in [6.45, 7) is 6.24. The summed E-state index contributed by atoms with van der Waals surface area (Å²) in [5.74, 6) is -1.14. The highest BCUT2D eigenvalue weighted by atomic mass is 16.6. The van der Waals surface area contributed by atoms with Gasteiger partial charge >= 0.3 is 17.9 Å². The number of carbonyl (C=O) groups is 3. The fourth-order valence-corrected chi connectivity index (χ4v) is 6.65. The van der Waals surface area contributed by atoms with Gasteiger partial charge in [0.1, 0.15) is 13.2 Å². The molecule has 68 heavy (non-hydrogen) atoms. The molecule has 0 N–H and O–H groups in total. The Labute approximate surface area is 417 Å². The van der Waals surface area contributed by atoms with Gasteiger partial charge in [0.2, 0.25) is 0 Å². The maximum atomic E-state index is 12.8. The number of rotatable bonds is 46. The van der Waals surface area contributed by atoms with Crippen molar-refractivity contribution in [1.29, 1.82) is 0 Å². The quantitative estimate of drug-likeness (QED) is 0.0199. The maximum absolute atomic E-state index is 12.8. The number of esters is 3. The first kappa shape index (κ1) is 63.3. The number of hydrogen-bond donors (Lipinski definition) is 0. The van der Waals surface area contributed by atoms with E-state index in [0.29, 0.717) is 19.3 Å². The van der Waals surface area contributed by atoms with Gasteiger partial charge in [0.25, 0.3) is 0 Å². The average molecular weight is 937 g/mol. The molecule has 0 aromatic rings. The van der Waals surface area contributed by atoms with Gasteiger partial charge in [-0.05, 0) is 109 Å². The van der Waals surface area contributed by atoms with Crippen LogP contribution in [0.1, 0.15) is 207 Å². The van der Waals surface area contributed by atoms with E-state index >= 15 is 0 Å². The summed E-state index contributed by atoms with van der Waals surface area (Å²) < 4.78 is 16.7. The molecule has 0 spiro atoms. The number of ether oxygens (including phenoxy) is 3. The fourth-order valence-electron chi connectivity index (χ4n) is 6.65. The van der Waals surface area contributed by atoms with Crippen molar-refractivity contribution in [1.82, 2.24) is 0 Å². The van der Waals surface area contributed by atoms with E-state index < -0.39 is 12.1 Å². The minimum atomic E-state index is -0.860. The van der Waals surface area contributed by atoms with Gasteiger partial charge in [-0.2, -0.15) is 0 Å². The molecule has 1 atom stereocenters. The Hall–Kier alpha value is -4.71. The van der Waals surface area contributed by atoms with Crippen molar-refractivity contribution in [3.63, 3.8) is 0 Å². The summed E-state index contributed by atoms with van der Waals surface area (Å²) in [6.07, 6.45) is 78.6. The van der Waals surface area contributed by atoms with Crippen molar-refractivity contribution in [2.75, 3.05) is 13.2 Å². The maximum Gasteiger partial charge on any atom is 0.306 e. The first-order valence-corrected chi connectivity index (χ1v) is 26.9. The van der Waals surface area contributed by atoms with Crippen LogP contribution in [-0.4, -0.2) is 37.2 Å². The topological polar surface area (TPSA) is 78.9 Å². The summed E-state index contributed by atoms with van der Waals surface area (Å²) >= 11 is 0. The molecule has 0 rings (SSSR count). The van der Waals surface area contributed by atoms with E-state index in [1.165, 1.54) is 51.4 Å². The Morgan fingerprint density at radius 2 is 0.647 bits per heavy atom. The summed E-state index contributed by atoms with van der Waals surface area (Å²) in [5, 5.41) is 0. The summed E-state index contributed by atoms with van der Waals surface area (Å²) in [5.41, 5.74) is 0. The molecule has 0 saturated heterocycles. The second-order valence-electron chi connectivity index (χ2n) is 17.0. The lowest BCUT2D eigenvalue weighted by Gasteiger charge is -2.18. The molecule has 6 heteroatoms. The third-order valence-electron chi connectivity index (χ3n) is 10.6. The zero-order valence-corrected chi connectivity index (χ0v) is 43.3. The summed E-state index contributed by atoms with van der Waals surface area (Å²) in [7, 11) is 0. The minimum Gasteiger partial charge on any atom is -0.462 e. The van der Waals surface area contributed by atoms with Crippen LogP contribution in [0.3, 0.4) is 0 Å². The molecule has 6 nitrogen and oxygen atoms in total. The second kappa shape index (κ2) is 54.9. The van der Waals surface area contributed by atoms with Gasteiger partial charge in [-0.3, -0.25) is 14.4 Å². The number of allylic oxidation sites excluding steroid dienone is 24. The predicted octanol–water partition coefficient (Wildman–Crippen LogP) is 18.0. The molecule has 0 aliphatic rings. The van der Waals surface area contributed by atoms with Gasteiger partial charge in [-0.25, -0.2) is 0 Å². The molecular weight excluding hydrogens is 841 g/mol. The molecular formula is C62H96O6. The zero-order valence-electron chi connectivity index (χ0n) is 43.3. The summed E-state index contributed by atoms with van der Waals surface area (Å²) in [4.78, 5) is 38.0. The summed E-state index contributed by atoms with van der Waals surface area (Å²) in [6, 6.07) is 0. The molecule has 0 aromatic heterocycles. The van der Waals surface area contributed by atoms with Crippen LogP contribution in [0.4, 0.5) is 0 Å². The molecule has 0 aliphatic heterocycles. The number of unbranched alkanes of at least 4 members (excludes halogenated alkanes) is 12. The van der Waals surface area contributed by atoms with Crippen molar-refractivity contribution in [3.8, 4) is 0 Å². The van der Waals surface area contributed by atoms with Crippen LogP contribution >= 0.6 is 0 Å². The molecule has 0 heterocycles. The molecule has 1 unspecified atom stereocenters. The lowest BCUT2D eigenvalue weighted by Crippen LogP contribution is -2.30. The largest absolute Gasteiger partial charge is 0.462 e. The van der Waals surface area contributed by atoms with Gasteiger partial charge < -0.3 is 14.2 Å². The number of carbonyl (C=O) groups excluding carboxylic acids is 3. The second-order valence-corrected chi connectivity index (χ2v) is 17.0. The minimum absolute atomic E-state index is 0.145. The first-order chi connectivity index (χ1) is 33.5. The SMILES string of the molecule is CC/C=C\C/C=C\C/C=C\C/C=C\C/C=C\CCC(=O)OCC(COC(=O)CCCCCCC/C=C\C=C/CCCCCCCCC)OC(=O)CC/C=C\C/C=C\C/C=C\C/C=C\C/C=C\CC. The van der Waals surface area contributed by atoms with Crippen LogP contribution in [0, 0.1) is 0 Å². The highest BCUT2D eigenvalue weighted by molar-refractivity contribution is 5.71. The third kappa shape index (κ3) is 52.3. The van der Waals surface area contributed by atoms with Gasteiger partial charge in [0, 0.05) is 19.3 Å². The van der Waals surface area contributed by atoms with Crippen LogP contribution in [0.5, 0.6) is 0 Å². The van der Waals surface area contributed by atoms with Crippen molar-refractivity contribution in [2.24, 2.45) is 0 Å². The Bertz CT molecular complexity index is 1540. The van der Waals surface area contributed by atoms with E-state index in [4.69, 9.17) is 14.2 Å². The molecule has 0 aliphatic carbocycles. The lowest BCUT2D eigenvalue weighted by atomic mass is 10.1. The van der Waals surface area contributed by atoms with Crippen molar-refractivity contribution in [3.05, 3.63) is 146 Å². The van der Waals surface area contributed by atoms with Gasteiger partial charge in [-0.15, -0.1) is 0 Å². The first-order valence-electron chi connectivity index (χ1n) is 26.9. The van der Waals surface area contributed by atoms with E-state index in [2.05, 4.69) is 142 Å². The standard InChI is InChI=1S/C62H96O6/c1-4-7-10-13-16-19-22-25-28-31-32-35-37-40-43-46-49-52-55-61(64)67-58-59(68-62(65)56-53-50-47-44-41-38-34-30-27-24-21-18-15-12-9-6-3)57-66-60(63)54-51-48-45-42-39-36-33-29-26-23-20-17-14-11-8-5-2/h8-9,11-12,17-18,20-21,26-32,35-36,38-39,41,45,47-48,50,59H,4-7,10,13-16,19,22-25,33-34,37,40,42-44,46,49,51-58H2,1-3H3/b11-8-,12-9-,20-17-,21-18-,29-26-,30-27-,31-28-,35-32-,39-36-,41-38-,48-45-,50-47-. The average Bonchev–Trinajstić information content (AvgIpc) is 3.34. The van der Waals surface area contributed by atoms with Gasteiger partial charge in [0.15, 0.2) is 6.10 Å². The van der Waals surface area contributed by atoms with E-state index in [0.717, 1.165) is 103 Å². The van der Waals surface area contributed by atoms with Crippen molar-refractivity contribution < 1.29 is 28.6 Å². The highest BCUT2D eigenvalue weighted by Gasteiger charge is 2.19. The van der Waals surface area contributed by atoms with Crippen LogP contribution in [-0.2, 0) is 28.6 Å². The smallest absolute Gasteiger partial charge is 0.306 e. The van der Waals surface area contributed by atoms with Crippen LogP contribution in [0.15, 0.2) is 146 Å².